The Balaban J connectivity index is 1.56. The lowest BCUT2D eigenvalue weighted by atomic mass is 10.1. The van der Waals surface area contributed by atoms with E-state index in [2.05, 4.69) is 38.1 Å². The maximum Gasteiger partial charge on any atom is 0.274 e. The van der Waals surface area contributed by atoms with Crippen LogP contribution in [0.1, 0.15) is 23.0 Å². The molecule has 0 aliphatic heterocycles. The molecular formula is C21H21N5O2. The number of anilines is 3. The SMILES string of the molecule is CC(=O)Nc1ccc(NC(=O)c2ccnc(NCCc3ccccc3)n2)cc1. The van der Waals surface area contributed by atoms with Gasteiger partial charge in [-0.15, -0.1) is 0 Å². The molecule has 3 rings (SSSR count). The number of rotatable bonds is 7. The van der Waals surface area contributed by atoms with Gasteiger partial charge in [-0.1, -0.05) is 30.3 Å². The monoisotopic (exact) mass is 375 g/mol. The maximum absolute atomic E-state index is 12.4. The lowest BCUT2D eigenvalue weighted by Crippen LogP contribution is -2.16. The Morgan fingerprint density at radius 3 is 2.25 bits per heavy atom. The third-order valence-corrected chi connectivity index (χ3v) is 3.89. The van der Waals surface area contributed by atoms with Crippen molar-refractivity contribution in [3.63, 3.8) is 0 Å². The lowest BCUT2D eigenvalue weighted by Gasteiger charge is -2.08. The summed E-state index contributed by atoms with van der Waals surface area (Å²) in [6, 6.07) is 18.5. The molecule has 3 N–H and O–H groups in total. The van der Waals surface area contributed by atoms with Gasteiger partial charge in [-0.25, -0.2) is 9.97 Å². The number of aromatic nitrogens is 2. The molecule has 0 fully saturated rings. The summed E-state index contributed by atoms with van der Waals surface area (Å²) in [5.74, 6) is -0.0737. The normalized spacial score (nSPS) is 10.2. The van der Waals surface area contributed by atoms with Crippen LogP contribution in [0, 0.1) is 0 Å². The summed E-state index contributed by atoms with van der Waals surface area (Å²) in [4.78, 5) is 31.9. The third-order valence-electron chi connectivity index (χ3n) is 3.89. The summed E-state index contributed by atoms with van der Waals surface area (Å²) in [6.45, 7) is 2.11. The van der Waals surface area contributed by atoms with E-state index in [0.29, 0.717) is 23.9 Å². The number of carbonyl (C=O) groups excluding carboxylic acids is 2. The molecule has 0 aliphatic rings. The second-order valence-corrected chi connectivity index (χ2v) is 6.14. The number of amides is 2. The first-order valence-corrected chi connectivity index (χ1v) is 8.90. The highest BCUT2D eigenvalue weighted by molar-refractivity contribution is 6.03. The second-order valence-electron chi connectivity index (χ2n) is 6.14. The van der Waals surface area contributed by atoms with Crippen molar-refractivity contribution >= 4 is 29.1 Å². The maximum atomic E-state index is 12.4. The summed E-state index contributed by atoms with van der Waals surface area (Å²) >= 11 is 0. The van der Waals surface area contributed by atoms with Crippen LogP contribution in [-0.4, -0.2) is 28.3 Å². The third kappa shape index (κ3) is 5.63. The van der Waals surface area contributed by atoms with Crippen molar-refractivity contribution in [2.75, 3.05) is 22.5 Å². The molecule has 1 heterocycles. The minimum atomic E-state index is -0.333. The fourth-order valence-corrected chi connectivity index (χ4v) is 2.57. The first-order chi connectivity index (χ1) is 13.6. The number of hydrogen-bond acceptors (Lipinski definition) is 5. The first-order valence-electron chi connectivity index (χ1n) is 8.90. The van der Waals surface area contributed by atoms with Gasteiger partial charge in [-0.2, -0.15) is 0 Å². The van der Waals surface area contributed by atoms with Gasteiger partial charge in [0.05, 0.1) is 0 Å². The van der Waals surface area contributed by atoms with Gasteiger partial charge >= 0.3 is 0 Å². The van der Waals surface area contributed by atoms with Crippen LogP contribution >= 0.6 is 0 Å². The summed E-state index contributed by atoms with van der Waals surface area (Å²) in [5, 5.41) is 8.59. The van der Waals surface area contributed by atoms with Crippen LogP contribution in [-0.2, 0) is 11.2 Å². The van der Waals surface area contributed by atoms with Crippen LogP contribution in [0.2, 0.25) is 0 Å². The molecule has 7 nitrogen and oxygen atoms in total. The number of carbonyl (C=O) groups is 2. The average molecular weight is 375 g/mol. The molecule has 142 valence electrons. The van der Waals surface area contributed by atoms with E-state index in [1.165, 1.54) is 12.5 Å². The van der Waals surface area contributed by atoms with Crippen LogP contribution in [0.25, 0.3) is 0 Å². The van der Waals surface area contributed by atoms with Gasteiger partial charge in [-0.05, 0) is 42.3 Å². The quantitative estimate of drug-likeness (QED) is 0.589. The smallest absolute Gasteiger partial charge is 0.274 e. The molecule has 2 aromatic carbocycles. The Morgan fingerprint density at radius 2 is 1.57 bits per heavy atom. The minimum absolute atomic E-state index is 0.148. The highest BCUT2D eigenvalue weighted by atomic mass is 16.2. The van der Waals surface area contributed by atoms with Gasteiger partial charge in [0.2, 0.25) is 11.9 Å². The van der Waals surface area contributed by atoms with Gasteiger partial charge < -0.3 is 16.0 Å². The summed E-state index contributed by atoms with van der Waals surface area (Å²) in [5.41, 5.74) is 2.75. The fourth-order valence-electron chi connectivity index (χ4n) is 2.57. The molecule has 0 bridgehead atoms. The van der Waals surface area contributed by atoms with Crippen LogP contribution in [0.3, 0.4) is 0 Å². The van der Waals surface area contributed by atoms with Crippen molar-refractivity contribution < 1.29 is 9.59 Å². The zero-order chi connectivity index (χ0) is 19.8. The van der Waals surface area contributed by atoms with Gasteiger partial charge in [-0.3, -0.25) is 9.59 Å². The van der Waals surface area contributed by atoms with Crippen molar-refractivity contribution in [1.82, 2.24) is 9.97 Å². The average Bonchev–Trinajstić information content (AvgIpc) is 2.70. The molecule has 0 aliphatic carbocycles. The van der Waals surface area contributed by atoms with Crippen molar-refractivity contribution in [3.05, 3.63) is 78.1 Å². The van der Waals surface area contributed by atoms with E-state index in [1.807, 2.05) is 18.2 Å². The largest absolute Gasteiger partial charge is 0.354 e. The Labute approximate surface area is 163 Å². The Kier molecular flexibility index (Phi) is 6.30. The molecule has 0 saturated heterocycles. The molecule has 1 aromatic heterocycles. The van der Waals surface area contributed by atoms with E-state index >= 15 is 0 Å². The number of nitrogens with one attached hydrogen (secondary N) is 3. The number of nitrogens with zero attached hydrogens (tertiary/aromatic N) is 2. The van der Waals surface area contributed by atoms with Gasteiger partial charge in [0.15, 0.2) is 0 Å². The zero-order valence-electron chi connectivity index (χ0n) is 15.5. The van der Waals surface area contributed by atoms with Gasteiger partial charge in [0.1, 0.15) is 5.69 Å². The van der Waals surface area contributed by atoms with Gasteiger partial charge in [0.25, 0.3) is 5.91 Å². The van der Waals surface area contributed by atoms with E-state index in [9.17, 15) is 9.59 Å². The molecule has 2 amide bonds. The zero-order valence-corrected chi connectivity index (χ0v) is 15.5. The molecule has 7 heteroatoms. The van der Waals surface area contributed by atoms with Crippen LogP contribution in [0.4, 0.5) is 17.3 Å². The molecule has 3 aromatic rings. The lowest BCUT2D eigenvalue weighted by molar-refractivity contribution is -0.114. The fraction of sp³-hybridized carbons (Fsp3) is 0.143. The van der Waals surface area contributed by atoms with E-state index in [4.69, 9.17) is 0 Å². The highest BCUT2D eigenvalue weighted by Crippen LogP contribution is 2.14. The predicted octanol–water partition coefficient (Wildman–Crippen LogP) is 3.34. The van der Waals surface area contributed by atoms with Crippen LogP contribution < -0.4 is 16.0 Å². The number of hydrogen-bond donors (Lipinski definition) is 3. The minimum Gasteiger partial charge on any atom is -0.354 e. The Morgan fingerprint density at radius 1 is 0.893 bits per heavy atom. The second kappa shape index (κ2) is 9.27. The van der Waals surface area contributed by atoms with Crippen molar-refractivity contribution in [2.24, 2.45) is 0 Å². The summed E-state index contributed by atoms with van der Waals surface area (Å²) < 4.78 is 0. The van der Waals surface area contributed by atoms with Crippen molar-refractivity contribution in [1.29, 1.82) is 0 Å². The molecule has 0 unspecified atom stereocenters. The van der Waals surface area contributed by atoms with E-state index < -0.39 is 0 Å². The molecule has 0 saturated carbocycles. The van der Waals surface area contributed by atoms with E-state index in [-0.39, 0.29) is 17.5 Å². The predicted molar refractivity (Wildman–Crippen MR) is 109 cm³/mol. The number of benzene rings is 2. The summed E-state index contributed by atoms with van der Waals surface area (Å²) in [7, 11) is 0. The topological polar surface area (TPSA) is 96.0 Å². The standard InChI is InChI=1S/C21H21N5O2/c1-15(27)24-17-7-9-18(10-8-17)25-20(28)19-12-14-23-21(26-19)22-13-11-16-5-3-2-4-6-16/h2-10,12,14H,11,13H2,1H3,(H,24,27)(H,25,28)(H,22,23,26). The van der Waals surface area contributed by atoms with Crippen molar-refractivity contribution in [2.45, 2.75) is 13.3 Å². The molecule has 0 spiro atoms. The Bertz CT molecular complexity index is 943. The molecular weight excluding hydrogens is 354 g/mol. The summed E-state index contributed by atoms with van der Waals surface area (Å²) in [6.07, 6.45) is 2.38. The van der Waals surface area contributed by atoms with E-state index in [0.717, 1.165) is 6.42 Å². The Hall–Kier alpha value is -3.74. The molecule has 0 radical (unpaired) electrons. The first kappa shape index (κ1) is 19.0. The van der Waals surface area contributed by atoms with E-state index in [1.54, 1.807) is 36.5 Å². The van der Waals surface area contributed by atoms with Gasteiger partial charge in [0, 0.05) is 31.0 Å². The molecule has 0 atom stereocenters. The van der Waals surface area contributed by atoms with Crippen LogP contribution in [0.15, 0.2) is 66.9 Å². The van der Waals surface area contributed by atoms with Crippen LogP contribution in [0.5, 0.6) is 0 Å². The highest BCUT2D eigenvalue weighted by Gasteiger charge is 2.09. The van der Waals surface area contributed by atoms with Crippen molar-refractivity contribution in [3.8, 4) is 0 Å². The molecule has 28 heavy (non-hydrogen) atoms.